The van der Waals surface area contributed by atoms with E-state index in [0.717, 1.165) is 12.3 Å². The summed E-state index contributed by atoms with van der Waals surface area (Å²) >= 11 is 6.20. The number of hydrogen-bond donors (Lipinski definition) is 2. The summed E-state index contributed by atoms with van der Waals surface area (Å²) in [6.07, 6.45) is 1.05. The Morgan fingerprint density at radius 2 is 1.50 bits per heavy atom. The molecule has 0 fully saturated rings. The van der Waals surface area contributed by atoms with E-state index in [1.165, 1.54) is 60.7 Å². The average Bonchev–Trinajstić information content (AvgIpc) is 2.69. The number of benzene rings is 3. The van der Waals surface area contributed by atoms with Crippen molar-refractivity contribution in [2.75, 3.05) is 16.9 Å². The highest BCUT2D eigenvalue weighted by Crippen LogP contribution is 2.26. The predicted molar refractivity (Wildman–Crippen MR) is 113 cm³/mol. The van der Waals surface area contributed by atoms with Gasteiger partial charge < -0.3 is 10.6 Å². The first-order chi connectivity index (χ1) is 14.1. The summed E-state index contributed by atoms with van der Waals surface area (Å²) in [4.78, 5) is 24.7. The van der Waals surface area contributed by atoms with Gasteiger partial charge in [0, 0.05) is 23.1 Å². The van der Waals surface area contributed by atoms with Crippen LogP contribution in [0, 0.1) is 5.82 Å². The van der Waals surface area contributed by atoms with E-state index < -0.39 is 27.5 Å². The van der Waals surface area contributed by atoms with E-state index in [1.807, 2.05) is 0 Å². The van der Waals surface area contributed by atoms with Gasteiger partial charge in [0.05, 0.1) is 15.6 Å². The molecule has 0 aliphatic heterocycles. The van der Waals surface area contributed by atoms with Gasteiger partial charge in [-0.15, -0.1) is 0 Å². The quantitative estimate of drug-likeness (QED) is 0.608. The number of amides is 2. The molecule has 0 saturated heterocycles. The third kappa shape index (κ3) is 5.22. The highest BCUT2D eigenvalue weighted by atomic mass is 35.5. The van der Waals surface area contributed by atoms with Crippen LogP contribution in [0.3, 0.4) is 0 Å². The van der Waals surface area contributed by atoms with Crippen molar-refractivity contribution in [1.29, 1.82) is 0 Å². The van der Waals surface area contributed by atoms with Gasteiger partial charge in [-0.2, -0.15) is 0 Å². The number of carbonyl (C=O) groups is 2. The van der Waals surface area contributed by atoms with E-state index in [1.54, 1.807) is 0 Å². The van der Waals surface area contributed by atoms with Crippen LogP contribution in [0.5, 0.6) is 0 Å². The first kappa shape index (κ1) is 21.5. The zero-order valence-corrected chi connectivity index (χ0v) is 17.2. The van der Waals surface area contributed by atoms with E-state index >= 15 is 0 Å². The normalized spacial score (nSPS) is 11.0. The van der Waals surface area contributed by atoms with Crippen LogP contribution < -0.4 is 10.6 Å². The smallest absolute Gasteiger partial charge is 0.255 e. The predicted octanol–water partition coefficient (Wildman–Crippen LogP) is 4.39. The molecule has 0 heterocycles. The molecule has 3 aromatic carbocycles. The van der Waals surface area contributed by atoms with Gasteiger partial charge in [-0.25, -0.2) is 12.8 Å². The number of halogens is 2. The summed E-state index contributed by atoms with van der Waals surface area (Å²) in [5, 5.41) is 5.34. The van der Waals surface area contributed by atoms with Crippen molar-refractivity contribution >= 4 is 44.6 Å². The highest BCUT2D eigenvalue weighted by Gasteiger charge is 2.14. The lowest BCUT2D eigenvalue weighted by Crippen LogP contribution is -2.14. The van der Waals surface area contributed by atoms with Crippen molar-refractivity contribution in [1.82, 2.24) is 0 Å². The maximum Gasteiger partial charge on any atom is 0.255 e. The highest BCUT2D eigenvalue weighted by molar-refractivity contribution is 7.90. The molecule has 2 N–H and O–H groups in total. The van der Waals surface area contributed by atoms with Crippen LogP contribution in [-0.2, 0) is 9.84 Å². The summed E-state index contributed by atoms with van der Waals surface area (Å²) in [6.45, 7) is 0. The maximum absolute atomic E-state index is 13.3. The third-order valence-corrected chi connectivity index (χ3v) is 5.51. The van der Waals surface area contributed by atoms with E-state index in [4.69, 9.17) is 11.6 Å². The number of hydrogen-bond acceptors (Lipinski definition) is 4. The molecule has 0 spiro atoms. The van der Waals surface area contributed by atoms with Gasteiger partial charge in [-0.1, -0.05) is 23.7 Å². The average molecular weight is 447 g/mol. The molecule has 0 atom stereocenters. The van der Waals surface area contributed by atoms with Crippen molar-refractivity contribution in [3.8, 4) is 0 Å². The standard InChI is InChI=1S/C21H16ClFN2O4S/c1-30(28,29)17-7-3-5-14(11-17)21(27)25-19-9-8-16(12-18(19)22)24-20(26)13-4-2-6-15(23)10-13/h2-12H,1H3,(H,24,26)(H,25,27). The van der Waals surface area contributed by atoms with Crippen LogP contribution in [0.15, 0.2) is 71.6 Å². The molecule has 9 heteroatoms. The fourth-order valence-corrected chi connectivity index (χ4v) is 3.48. The van der Waals surface area contributed by atoms with Crippen molar-refractivity contribution < 1.29 is 22.4 Å². The molecule has 0 radical (unpaired) electrons. The zero-order valence-electron chi connectivity index (χ0n) is 15.6. The Kier molecular flexibility index (Phi) is 6.19. The minimum absolute atomic E-state index is 0.0247. The SMILES string of the molecule is CS(=O)(=O)c1cccc(C(=O)Nc2ccc(NC(=O)c3cccc(F)c3)cc2Cl)c1. The minimum atomic E-state index is -3.45. The van der Waals surface area contributed by atoms with Crippen LogP contribution in [-0.4, -0.2) is 26.5 Å². The Hall–Kier alpha value is -3.23. The van der Waals surface area contributed by atoms with Crippen molar-refractivity contribution in [3.05, 3.63) is 88.7 Å². The minimum Gasteiger partial charge on any atom is -0.322 e. The molecule has 3 aromatic rings. The number of sulfone groups is 1. The molecule has 0 aromatic heterocycles. The molecule has 0 bridgehead atoms. The lowest BCUT2D eigenvalue weighted by Gasteiger charge is -2.11. The van der Waals surface area contributed by atoms with E-state index in [0.29, 0.717) is 5.69 Å². The summed E-state index contributed by atoms with van der Waals surface area (Å²) in [5.41, 5.74) is 0.924. The lowest BCUT2D eigenvalue weighted by atomic mass is 10.2. The van der Waals surface area contributed by atoms with E-state index in [9.17, 15) is 22.4 Å². The second-order valence-corrected chi connectivity index (χ2v) is 8.84. The summed E-state index contributed by atoms with van der Waals surface area (Å²) < 4.78 is 36.6. The molecular formula is C21H16ClFN2O4S. The van der Waals surface area contributed by atoms with Gasteiger partial charge in [0.25, 0.3) is 11.8 Å². The van der Waals surface area contributed by atoms with Crippen LogP contribution in [0.25, 0.3) is 0 Å². The molecule has 3 rings (SSSR count). The zero-order chi connectivity index (χ0) is 21.9. The van der Waals surface area contributed by atoms with Crippen LogP contribution in [0.4, 0.5) is 15.8 Å². The van der Waals surface area contributed by atoms with Gasteiger partial charge in [-0.3, -0.25) is 9.59 Å². The molecule has 2 amide bonds. The molecular weight excluding hydrogens is 431 g/mol. The Balaban J connectivity index is 1.74. The second-order valence-electron chi connectivity index (χ2n) is 6.41. The van der Waals surface area contributed by atoms with E-state index in [-0.39, 0.29) is 26.7 Å². The largest absolute Gasteiger partial charge is 0.322 e. The van der Waals surface area contributed by atoms with E-state index in [2.05, 4.69) is 10.6 Å². The van der Waals surface area contributed by atoms with Crippen molar-refractivity contribution in [3.63, 3.8) is 0 Å². The van der Waals surface area contributed by atoms with Crippen LogP contribution in [0.2, 0.25) is 5.02 Å². The topological polar surface area (TPSA) is 92.3 Å². The first-order valence-corrected chi connectivity index (χ1v) is 10.9. The molecule has 30 heavy (non-hydrogen) atoms. The summed E-state index contributed by atoms with van der Waals surface area (Å²) in [7, 11) is -3.45. The molecule has 6 nitrogen and oxygen atoms in total. The maximum atomic E-state index is 13.3. The van der Waals surface area contributed by atoms with Crippen molar-refractivity contribution in [2.45, 2.75) is 4.90 Å². The summed E-state index contributed by atoms with van der Waals surface area (Å²) in [6, 6.07) is 15.3. The molecule has 0 aliphatic carbocycles. The van der Waals surface area contributed by atoms with Gasteiger partial charge in [0.2, 0.25) is 0 Å². The number of anilines is 2. The molecule has 0 unspecified atom stereocenters. The fraction of sp³-hybridized carbons (Fsp3) is 0.0476. The second kappa shape index (κ2) is 8.64. The Morgan fingerprint density at radius 1 is 0.867 bits per heavy atom. The Bertz CT molecular complexity index is 1250. The van der Waals surface area contributed by atoms with Crippen LogP contribution in [0.1, 0.15) is 20.7 Å². The lowest BCUT2D eigenvalue weighted by molar-refractivity contribution is 0.101. The fourth-order valence-electron chi connectivity index (χ4n) is 2.59. The number of carbonyl (C=O) groups excluding carboxylic acids is 2. The molecule has 0 aliphatic rings. The van der Waals surface area contributed by atoms with Gasteiger partial charge >= 0.3 is 0 Å². The number of nitrogens with one attached hydrogen (secondary N) is 2. The van der Waals surface area contributed by atoms with Gasteiger partial charge in [0.1, 0.15) is 5.82 Å². The van der Waals surface area contributed by atoms with Crippen LogP contribution >= 0.6 is 11.6 Å². The summed E-state index contributed by atoms with van der Waals surface area (Å²) in [5.74, 6) is -1.59. The molecule has 0 saturated carbocycles. The monoisotopic (exact) mass is 446 g/mol. The number of rotatable bonds is 5. The van der Waals surface area contributed by atoms with Gasteiger partial charge in [-0.05, 0) is 54.6 Å². The molecule has 154 valence electrons. The van der Waals surface area contributed by atoms with Gasteiger partial charge in [0.15, 0.2) is 9.84 Å². The first-order valence-electron chi connectivity index (χ1n) is 8.61. The Labute approximate surface area is 177 Å². The Morgan fingerprint density at radius 3 is 2.13 bits per heavy atom. The van der Waals surface area contributed by atoms with Crippen molar-refractivity contribution in [2.24, 2.45) is 0 Å². The third-order valence-electron chi connectivity index (χ3n) is 4.09.